The first-order chi connectivity index (χ1) is 16.5. The Morgan fingerprint density at radius 3 is 2.00 bits per heavy atom. The van der Waals surface area contributed by atoms with Gasteiger partial charge in [0.2, 0.25) is 0 Å². The van der Waals surface area contributed by atoms with Crippen molar-refractivity contribution in [2.75, 3.05) is 10.6 Å². The molecule has 3 aromatic carbocycles. The van der Waals surface area contributed by atoms with Crippen LogP contribution in [0.1, 0.15) is 21.9 Å². The van der Waals surface area contributed by atoms with Crippen molar-refractivity contribution >= 4 is 71.0 Å². The van der Waals surface area contributed by atoms with Crippen LogP contribution in [0.25, 0.3) is 0 Å². The molecule has 3 rings (SSSR count). The number of hydrogen-bond acceptors (Lipinski definition) is 5. The average Bonchev–Trinajstić information content (AvgIpc) is 2.77. The maximum absolute atomic E-state index is 12.8. The Balaban J connectivity index is 1.71. The van der Waals surface area contributed by atoms with E-state index in [-0.39, 0.29) is 17.7 Å². The number of rotatable bonds is 7. The lowest BCUT2D eigenvalue weighted by Gasteiger charge is -2.14. The third kappa shape index (κ3) is 7.07. The Labute approximate surface area is 219 Å². The van der Waals surface area contributed by atoms with Crippen molar-refractivity contribution in [1.82, 2.24) is 0 Å². The molecule has 0 aliphatic rings. The summed E-state index contributed by atoms with van der Waals surface area (Å²) in [7, 11) is -4.70. The number of ketones is 1. The van der Waals surface area contributed by atoms with Gasteiger partial charge in [-0.3, -0.25) is 18.9 Å². The lowest BCUT2D eigenvalue weighted by Crippen LogP contribution is -2.29. The molecule has 0 heterocycles. The van der Waals surface area contributed by atoms with E-state index in [0.717, 1.165) is 14.5 Å². The second-order valence-electron chi connectivity index (χ2n) is 7.62. The molecule has 0 bridgehead atoms. The van der Waals surface area contributed by atoms with Gasteiger partial charge in [0.25, 0.3) is 10.1 Å². The second kappa shape index (κ2) is 11.3. The number of hydrogen-bond donors (Lipinski definition) is 3. The highest BCUT2D eigenvalue weighted by Crippen LogP contribution is 2.29. The lowest BCUT2D eigenvalue weighted by atomic mass is 10.0. The van der Waals surface area contributed by atoms with Gasteiger partial charge < -0.3 is 10.6 Å². The summed E-state index contributed by atoms with van der Waals surface area (Å²) in [6, 6.07) is 17.1. The van der Waals surface area contributed by atoms with Crippen LogP contribution in [0.15, 0.2) is 75.7 Å². The fourth-order valence-corrected chi connectivity index (χ4v) is 5.40. The van der Waals surface area contributed by atoms with Gasteiger partial charge >= 0.3 is 11.8 Å². The normalized spacial score (nSPS) is 12.0. The van der Waals surface area contributed by atoms with Crippen molar-refractivity contribution in [3.05, 3.63) is 92.4 Å². The maximum atomic E-state index is 12.8. The zero-order chi connectivity index (χ0) is 25.8. The number of halogens is 2. The maximum Gasteiger partial charge on any atom is 0.314 e. The quantitative estimate of drug-likeness (QED) is 0.255. The fraction of sp³-hybridized carbons (Fsp3) is 0.125. The Kier molecular flexibility index (Phi) is 8.60. The van der Waals surface area contributed by atoms with E-state index >= 15 is 0 Å². The number of amides is 2. The van der Waals surface area contributed by atoms with Crippen LogP contribution in [0.4, 0.5) is 11.4 Å². The van der Waals surface area contributed by atoms with Crippen LogP contribution in [0.5, 0.6) is 0 Å². The third-order valence-corrected chi connectivity index (χ3v) is 7.78. The van der Waals surface area contributed by atoms with Gasteiger partial charge in [-0.25, -0.2) is 0 Å². The smallest absolute Gasteiger partial charge is 0.314 e. The zero-order valence-corrected chi connectivity index (χ0v) is 22.3. The SMILES string of the molecule is Cc1c(Br)cc(NC(=O)C(=O)Nc2cccc(CC(=O)C(c3ccccc3)S(=O)(=O)O)c2)cc1Br. The number of carbonyl (C=O) groups excluding carboxylic acids is 3. The molecule has 0 aliphatic heterocycles. The minimum atomic E-state index is -4.70. The molecule has 3 aromatic rings. The molecular formula is C24H20Br2N2O6S. The number of nitrogens with one attached hydrogen (secondary N) is 2. The van der Waals surface area contributed by atoms with E-state index in [9.17, 15) is 27.4 Å². The van der Waals surface area contributed by atoms with Gasteiger partial charge in [-0.15, -0.1) is 0 Å². The van der Waals surface area contributed by atoms with Crippen LogP contribution >= 0.6 is 31.9 Å². The molecule has 35 heavy (non-hydrogen) atoms. The molecule has 0 spiro atoms. The van der Waals surface area contributed by atoms with Gasteiger partial charge in [-0.1, -0.05) is 74.3 Å². The number of benzene rings is 3. The van der Waals surface area contributed by atoms with E-state index in [1.165, 1.54) is 24.3 Å². The topological polar surface area (TPSA) is 130 Å². The number of anilines is 2. The molecule has 0 saturated carbocycles. The average molecular weight is 624 g/mol. The van der Waals surface area contributed by atoms with Crippen molar-refractivity contribution < 1.29 is 27.4 Å². The molecule has 0 fully saturated rings. The Hall–Kier alpha value is -2.86. The van der Waals surface area contributed by atoms with E-state index in [1.54, 1.807) is 42.5 Å². The van der Waals surface area contributed by atoms with Gasteiger partial charge in [-0.05, 0) is 47.9 Å². The molecule has 11 heteroatoms. The van der Waals surface area contributed by atoms with Crippen LogP contribution in [-0.4, -0.2) is 30.6 Å². The van der Waals surface area contributed by atoms with Gasteiger partial charge in [0.15, 0.2) is 11.0 Å². The molecule has 2 amide bonds. The number of carbonyl (C=O) groups is 3. The first kappa shape index (κ1) is 26.7. The second-order valence-corrected chi connectivity index (χ2v) is 10.8. The van der Waals surface area contributed by atoms with Crippen LogP contribution < -0.4 is 10.6 Å². The monoisotopic (exact) mass is 622 g/mol. The zero-order valence-electron chi connectivity index (χ0n) is 18.3. The van der Waals surface area contributed by atoms with Crippen LogP contribution in [0.2, 0.25) is 0 Å². The summed E-state index contributed by atoms with van der Waals surface area (Å²) in [6.45, 7) is 1.88. The number of Topliss-reactive ketones (excluding diaryl/α,β-unsaturated/α-hetero) is 1. The Morgan fingerprint density at radius 1 is 0.857 bits per heavy atom. The third-order valence-electron chi connectivity index (χ3n) is 5.00. The van der Waals surface area contributed by atoms with Gasteiger partial charge in [0, 0.05) is 26.7 Å². The van der Waals surface area contributed by atoms with Crippen LogP contribution in [0.3, 0.4) is 0 Å². The summed E-state index contributed by atoms with van der Waals surface area (Å²) in [6.07, 6.45) is -0.319. The minimum Gasteiger partial charge on any atom is -0.318 e. The summed E-state index contributed by atoms with van der Waals surface area (Å²) in [4.78, 5) is 37.5. The minimum absolute atomic E-state index is 0.149. The highest BCUT2D eigenvalue weighted by molar-refractivity contribution is 9.11. The van der Waals surface area contributed by atoms with Crippen LogP contribution in [-0.2, 0) is 30.9 Å². The lowest BCUT2D eigenvalue weighted by molar-refractivity contribution is -0.133. The molecule has 182 valence electrons. The molecule has 1 atom stereocenters. The predicted octanol–water partition coefficient (Wildman–Crippen LogP) is 4.84. The van der Waals surface area contributed by atoms with E-state index in [0.29, 0.717) is 11.3 Å². The Morgan fingerprint density at radius 2 is 1.43 bits per heavy atom. The molecule has 8 nitrogen and oxygen atoms in total. The standard InChI is InChI=1S/C24H20Br2N2O6S/c1-14-19(25)12-18(13-20(14)26)28-24(31)23(30)27-17-9-5-6-15(10-17)11-21(29)22(35(32,33)34)16-7-3-2-4-8-16/h2-10,12-13,22H,11H2,1H3,(H,27,30)(H,28,31)(H,32,33,34). The molecule has 3 N–H and O–H groups in total. The van der Waals surface area contributed by atoms with Crippen molar-refractivity contribution in [3.63, 3.8) is 0 Å². The summed E-state index contributed by atoms with van der Waals surface area (Å²) in [5, 5.41) is 3.23. The van der Waals surface area contributed by atoms with Crippen molar-refractivity contribution in [2.24, 2.45) is 0 Å². The predicted molar refractivity (Wildman–Crippen MR) is 140 cm³/mol. The summed E-state index contributed by atoms with van der Waals surface area (Å²) < 4.78 is 34.9. The largest absolute Gasteiger partial charge is 0.318 e. The van der Waals surface area contributed by atoms with E-state index < -0.39 is 33.0 Å². The molecule has 0 saturated heterocycles. The van der Waals surface area contributed by atoms with Crippen molar-refractivity contribution in [2.45, 2.75) is 18.6 Å². The van der Waals surface area contributed by atoms with Gasteiger partial charge in [0.1, 0.15) is 0 Å². The van der Waals surface area contributed by atoms with Gasteiger partial charge in [0.05, 0.1) is 0 Å². The Bertz CT molecular complexity index is 1370. The van der Waals surface area contributed by atoms with E-state index in [4.69, 9.17) is 0 Å². The van der Waals surface area contributed by atoms with E-state index in [1.807, 2.05) is 6.92 Å². The van der Waals surface area contributed by atoms with Crippen molar-refractivity contribution in [3.8, 4) is 0 Å². The van der Waals surface area contributed by atoms with Crippen LogP contribution in [0, 0.1) is 6.92 Å². The summed E-state index contributed by atoms with van der Waals surface area (Å²) in [5.41, 5.74) is 2.12. The molecule has 0 radical (unpaired) electrons. The molecule has 1 unspecified atom stereocenters. The highest BCUT2D eigenvalue weighted by Gasteiger charge is 2.32. The molecule has 0 aliphatic carbocycles. The fourth-order valence-electron chi connectivity index (χ4n) is 3.30. The summed E-state index contributed by atoms with van der Waals surface area (Å²) >= 11 is 6.76. The highest BCUT2D eigenvalue weighted by atomic mass is 79.9. The van der Waals surface area contributed by atoms with Crippen molar-refractivity contribution in [1.29, 1.82) is 0 Å². The van der Waals surface area contributed by atoms with E-state index in [2.05, 4.69) is 42.5 Å². The molecule has 0 aromatic heterocycles. The molecular weight excluding hydrogens is 604 g/mol. The first-order valence-corrected chi connectivity index (χ1v) is 13.3. The first-order valence-electron chi connectivity index (χ1n) is 10.2. The summed E-state index contributed by atoms with van der Waals surface area (Å²) in [5.74, 6) is -2.57. The van der Waals surface area contributed by atoms with Gasteiger partial charge in [-0.2, -0.15) is 8.42 Å².